The van der Waals surface area contributed by atoms with Gasteiger partial charge in [0, 0.05) is 18.2 Å². The molecule has 3 aromatic rings. The maximum atomic E-state index is 12.0. The van der Waals surface area contributed by atoms with E-state index in [2.05, 4.69) is 20.8 Å². The summed E-state index contributed by atoms with van der Waals surface area (Å²) in [7, 11) is 0. The van der Waals surface area contributed by atoms with E-state index in [1.54, 1.807) is 24.3 Å². The average molecular weight is 380 g/mol. The molecule has 142 valence electrons. The minimum Gasteiger partial charge on any atom is -0.452 e. The third-order valence-corrected chi connectivity index (χ3v) is 3.47. The van der Waals surface area contributed by atoms with Crippen LogP contribution in [-0.4, -0.2) is 34.6 Å². The quantitative estimate of drug-likeness (QED) is 0.630. The minimum absolute atomic E-state index is 0.0976. The van der Waals surface area contributed by atoms with Gasteiger partial charge in [-0.3, -0.25) is 14.9 Å². The van der Waals surface area contributed by atoms with Crippen LogP contribution in [0.5, 0.6) is 0 Å². The molecular weight excluding hydrogens is 364 g/mol. The topological polar surface area (TPSA) is 123 Å². The van der Waals surface area contributed by atoms with E-state index in [4.69, 9.17) is 9.15 Å². The zero-order chi connectivity index (χ0) is 19.9. The molecule has 28 heavy (non-hydrogen) atoms. The van der Waals surface area contributed by atoms with Crippen molar-refractivity contribution in [3.8, 4) is 11.5 Å². The zero-order valence-electron chi connectivity index (χ0n) is 14.8. The van der Waals surface area contributed by atoms with Crippen molar-refractivity contribution in [1.82, 2.24) is 10.2 Å². The largest absolute Gasteiger partial charge is 0.452 e. The van der Waals surface area contributed by atoms with Crippen LogP contribution in [0, 0.1) is 0 Å². The summed E-state index contributed by atoms with van der Waals surface area (Å²) in [6, 6.07) is 15.1. The first-order chi connectivity index (χ1) is 13.5. The number of benzene rings is 2. The Morgan fingerprint density at radius 2 is 1.68 bits per heavy atom. The Morgan fingerprint density at radius 1 is 0.964 bits per heavy atom. The van der Waals surface area contributed by atoms with E-state index in [1.165, 1.54) is 19.1 Å². The zero-order valence-corrected chi connectivity index (χ0v) is 14.8. The number of amides is 2. The second kappa shape index (κ2) is 8.58. The van der Waals surface area contributed by atoms with Gasteiger partial charge in [-0.15, -0.1) is 5.10 Å². The van der Waals surface area contributed by atoms with Crippen molar-refractivity contribution in [3.63, 3.8) is 0 Å². The van der Waals surface area contributed by atoms with Crippen molar-refractivity contribution in [3.05, 3.63) is 60.2 Å². The number of hydrogen-bond donors (Lipinski definition) is 2. The van der Waals surface area contributed by atoms with Gasteiger partial charge in [-0.25, -0.2) is 4.79 Å². The summed E-state index contributed by atoms with van der Waals surface area (Å²) in [6.07, 6.45) is 0. The third-order valence-electron chi connectivity index (χ3n) is 3.47. The summed E-state index contributed by atoms with van der Waals surface area (Å²) in [6.45, 7) is 0.863. The third kappa shape index (κ3) is 5.01. The molecule has 0 atom stereocenters. The fourth-order valence-electron chi connectivity index (χ4n) is 2.23. The SMILES string of the molecule is CC(=O)Nc1ccc(C(=O)OCC(=O)Nc2nnc(-c3ccccc3)o2)cc1. The highest BCUT2D eigenvalue weighted by Crippen LogP contribution is 2.19. The smallest absolute Gasteiger partial charge is 0.338 e. The van der Waals surface area contributed by atoms with E-state index < -0.39 is 18.5 Å². The molecule has 0 saturated heterocycles. The van der Waals surface area contributed by atoms with E-state index in [-0.39, 0.29) is 23.4 Å². The Labute approximate surface area is 159 Å². The van der Waals surface area contributed by atoms with E-state index in [0.29, 0.717) is 11.3 Å². The maximum absolute atomic E-state index is 12.0. The summed E-state index contributed by atoms with van der Waals surface area (Å²) in [5.74, 6) is -1.26. The molecule has 0 spiro atoms. The van der Waals surface area contributed by atoms with Crippen molar-refractivity contribution < 1.29 is 23.5 Å². The number of nitrogens with one attached hydrogen (secondary N) is 2. The van der Waals surface area contributed by atoms with Gasteiger partial charge in [0.25, 0.3) is 5.91 Å². The van der Waals surface area contributed by atoms with E-state index in [0.717, 1.165) is 0 Å². The molecule has 0 aliphatic heterocycles. The molecule has 1 aromatic heterocycles. The molecule has 0 radical (unpaired) electrons. The van der Waals surface area contributed by atoms with Crippen molar-refractivity contribution in [2.45, 2.75) is 6.92 Å². The highest BCUT2D eigenvalue weighted by atomic mass is 16.5. The van der Waals surface area contributed by atoms with Gasteiger partial charge < -0.3 is 14.5 Å². The van der Waals surface area contributed by atoms with Crippen molar-refractivity contribution in [2.75, 3.05) is 17.2 Å². The number of aromatic nitrogens is 2. The molecule has 0 bridgehead atoms. The van der Waals surface area contributed by atoms with Crippen LogP contribution in [0.15, 0.2) is 59.0 Å². The van der Waals surface area contributed by atoms with Gasteiger partial charge in [0.15, 0.2) is 6.61 Å². The molecule has 9 heteroatoms. The summed E-state index contributed by atoms with van der Waals surface area (Å²) < 4.78 is 10.3. The molecule has 0 unspecified atom stereocenters. The lowest BCUT2D eigenvalue weighted by Gasteiger charge is -2.05. The number of carbonyl (C=O) groups is 3. The highest BCUT2D eigenvalue weighted by Gasteiger charge is 2.14. The molecule has 0 saturated carbocycles. The van der Waals surface area contributed by atoms with Crippen molar-refractivity contribution in [1.29, 1.82) is 0 Å². The van der Waals surface area contributed by atoms with Crippen LogP contribution in [-0.2, 0) is 14.3 Å². The van der Waals surface area contributed by atoms with Gasteiger partial charge in [-0.1, -0.05) is 23.3 Å². The van der Waals surface area contributed by atoms with Crippen molar-refractivity contribution >= 4 is 29.5 Å². The lowest BCUT2D eigenvalue weighted by atomic mass is 10.2. The molecule has 0 fully saturated rings. The number of esters is 1. The summed E-state index contributed by atoms with van der Waals surface area (Å²) in [5, 5.41) is 12.5. The number of nitrogens with zero attached hydrogens (tertiary/aromatic N) is 2. The Hall–Kier alpha value is -4.01. The fourth-order valence-corrected chi connectivity index (χ4v) is 2.23. The number of rotatable bonds is 6. The van der Waals surface area contributed by atoms with Crippen LogP contribution in [0.3, 0.4) is 0 Å². The van der Waals surface area contributed by atoms with Gasteiger partial charge in [0.05, 0.1) is 5.56 Å². The molecular formula is C19H16N4O5. The standard InChI is InChI=1S/C19H16N4O5/c1-12(24)20-15-9-7-14(8-10-15)18(26)27-11-16(25)21-19-23-22-17(28-19)13-5-3-2-4-6-13/h2-10H,11H2,1H3,(H,20,24)(H,21,23,25). The van der Waals surface area contributed by atoms with Gasteiger partial charge >= 0.3 is 12.0 Å². The van der Waals surface area contributed by atoms with E-state index in [1.807, 2.05) is 18.2 Å². The highest BCUT2D eigenvalue weighted by molar-refractivity contribution is 5.95. The van der Waals surface area contributed by atoms with Crippen LogP contribution in [0.2, 0.25) is 0 Å². The molecule has 0 aliphatic carbocycles. The van der Waals surface area contributed by atoms with Gasteiger partial charge in [-0.05, 0) is 36.4 Å². The molecule has 0 aliphatic rings. The molecule has 2 amide bonds. The van der Waals surface area contributed by atoms with Crippen molar-refractivity contribution in [2.24, 2.45) is 0 Å². The lowest BCUT2D eigenvalue weighted by Crippen LogP contribution is -2.21. The minimum atomic E-state index is -0.681. The Balaban J connectivity index is 1.51. The molecule has 2 N–H and O–H groups in total. The molecule has 3 rings (SSSR count). The number of anilines is 2. The van der Waals surface area contributed by atoms with Crippen LogP contribution < -0.4 is 10.6 Å². The average Bonchev–Trinajstić information content (AvgIpc) is 3.15. The van der Waals surface area contributed by atoms with E-state index in [9.17, 15) is 14.4 Å². The Bertz CT molecular complexity index is 983. The normalized spacial score (nSPS) is 10.2. The van der Waals surface area contributed by atoms with Crippen LogP contribution in [0.25, 0.3) is 11.5 Å². The monoisotopic (exact) mass is 380 g/mol. The first-order valence-corrected chi connectivity index (χ1v) is 8.25. The van der Waals surface area contributed by atoms with Crippen LogP contribution in [0.1, 0.15) is 17.3 Å². The Kier molecular flexibility index (Phi) is 5.75. The van der Waals surface area contributed by atoms with Gasteiger partial charge in [0.1, 0.15) is 0 Å². The molecule has 2 aromatic carbocycles. The first-order valence-electron chi connectivity index (χ1n) is 8.25. The number of carbonyl (C=O) groups excluding carboxylic acids is 3. The number of hydrogen-bond acceptors (Lipinski definition) is 7. The van der Waals surface area contributed by atoms with Crippen LogP contribution in [0.4, 0.5) is 11.7 Å². The summed E-state index contributed by atoms with van der Waals surface area (Å²) in [5.41, 5.74) is 1.50. The second-order valence-electron chi connectivity index (χ2n) is 5.66. The maximum Gasteiger partial charge on any atom is 0.338 e. The molecule has 1 heterocycles. The predicted molar refractivity (Wildman–Crippen MR) is 99.4 cm³/mol. The lowest BCUT2D eigenvalue weighted by molar-refractivity contribution is -0.119. The Morgan fingerprint density at radius 3 is 2.36 bits per heavy atom. The summed E-state index contributed by atoms with van der Waals surface area (Å²) in [4.78, 5) is 34.9. The number of ether oxygens (including phenoxy) is 1. The molecule has 9 nitrogen and oxygen atoms in total. The van der Waals surface area contributed by atoms with E-state index >= 15 is 0 Å². The predicted octanol–water partition coefficient (Wildman–Crippen LogP) is 2.49. The first kappa shape index (κ1) is 18.8. The van der Waals surface area contributed by atoms with Crippen LogP contribution >= 0.6 is 0 Å². The fraction of sp³-hybridized carbons (Fsp3) is 0.105. The summed E-state index contributed by atoms with van der Waals surface area (Å²) >= 11 is 0. The second-order valence-corrected chi connectivity index (χ2v) is 5.66. The van der Waals surface area contributed by atoms with Gasteiger partial charge in [0.2, 0.25) is 11.8 Å². The van der Waals surface area contributed by atoms with Gasteiger partial charge in [-0.2, -0.15) is 0 Å².